The van der Waals surface area contributed by atoms with E-state index in [0.29, 0.717) is 11.1 Å². The fourth-order valence-electron chi connectivity index (χ4n) is 1.82. The van der Waals surface area contributed by atoms with Crippen LogP contribution in [0.2, 0.25) is 0 Å². The second-order valence-electron chi connectivity index (χ2n) is 4.76. The zero-order valence-electron chi connectivity index (χ0n) is 12.4. The molecule has 0 heterocycles. The number of rotatable bonds is 6. The largest absolute Gasteiger partial charge is 0.508 e. The molecule has 2 rings (SSSR count). The monoisotopic (exact) mass is 311 g/mol. The first-order valence-electron chi connectivity index (χ1n) is 7.09. The van der Waals surface area contributed by atoms with E-state index in [4.69, 9.17) is 0 Å². The lowest BCUT2D eigenvalue weighted by Gasteiger charge is -2.04. The standard InChI is InChI=1S/C17H17N3O3/c21-15-8-4-5-13(11-15)12-19-20-16(22)9-10-18-17(23)14-6-2-1-3-7-14/h1-8,11-12,21H,9-10H2,(H,18,23)(H,20,22)/b19-12+. The summed E-state index contributed by atoms with van der Waals surface area (Å²) in [5.41, 5.74) is 3.58. The summed E-state index contributed by atoms with van der Waals surface area (Å²) in [5, 5.41) is 15.7. The third-order valence-corrected chi connectivity index (χ3v) is 2.95. The van der Waals surface area contributed by atoms with Gasteiger partial charge in [0.15, 0.2) is 0 Å². The highest BCUT2D eigenvalue weighted by molar-refractivity contribution is 5.94. The first-order valence-corrected chi connectivity index (χ1v) is 7.09. The fraction of sp³-hybridized carbons (Fsp3) is 0.118. The van der Waals surface area contributed by atoms with Gasteiger partial charge in [0.05, 0.1) is 6.21 Å². The number of amides is 2. The smallest absolute Gasteiger partial charge is 0.251 e. The lowest BCUT2D eigenvalue weighted by atomic mass is 10.2. The van der Waals surface area contributed by atoms with Gasteiger partial charge in [0.25, 0.3) is 5.91 Å². The Kier molecular flexibility index (Phi) is 5.88. The number of hydrogen-bond acceptors (Lipinski definition) is 4. The summed E-state index contributed by atoms with van der Waals surface area (Å²) in [7, 11) is 0. The summed E-state index contributed by atoms with van der Waals surface area (Å²) in [6.45, 7) is 0.223. The topological polar surface area (TPSA) is 90.8 Å². The maximum atomic E-state index is 11.8. The Morgan fingerprint density at radius 1 is 1.09 bits per heavy atom. The Morgan fingerprint density at radius 3 is 2.61 bits per heavy atom. The summed E-state index contributed by atoms with van der Waals surface area (Å²) < 4.78 is 0. The highest BCUT2D eigenvalue weighted by atomic mass is 16.3. The molecule has 0 fully saturated rings. The van der Waals surface area contributed by atoms with Gasteiger partial charge in [-0.25, -0.2) is 5.43 Å². The molecule has 0 aliphatic carbocycles. The molecule has 0 aliphatic rings. The Morgan fingerprint density at radius 2 is 1.87 bits per heavy atom. The number of carbonyl (C=O) groups is 2. The fourth-order valence-corrected chi connectivity index (χ4v) is 1.82. The minimum absolute atomic E-state index is 0.121. The van der Waals surface area contributed by atoms with Crippen LogP contribution in [-0.4, -0.2) is 29.7 Å². The summed E-state index contributed by atoms with van der Waals surface area (Å²) in [4.78, 5) is 23.4. The van der Waals surface area contributed by atoms with Crippen LogP contribution in [0.25, 0.3) is 0 Å². The molecule has 0 unspecified atom stereocenters. The molecular formula is C17H17N3O3. The molecule has 6 heteroatoms. The molecule has 23 heavy (non-hydrogen) atoms. The van der Waals surface area contributed by atoms with Gasteiger partial charge in [0, 0.05) is 18.5 Å². The predicted octanol–water partition coefficient (Wildman–Crippen LogP) is 1.66. The van der Waals surface area contributed by atoms with Crippen molar-refractivity contribution in [2.24, 2.45) is 5.10 Å². The van der Waals surface area contributed by atoms with Crippen LogP contribution in [0, 0.1) is 0 Å². The molecule has 2 amide bonds. The lowest BCUT2D eigenvalue weighted by Crippen LogP contribution is -2.28. The molecule has 0 radical (unpaired) electrons. The van der Waals surface area contributed by atoms with Crippen molar-refractivity contribution in [3.8, 4) is 5.75 Å². The van der Waals surface area contributed by atoms with E-state index >= 15 is 0 Å². The molecular weight excluding hydrogens is 294 g/mol. The van der Waals surface area contributed by atoms with E-state index in [2.05, 4.69) is 15.8 Å². The summed E-state index contributed by atoms with van der Waals surface area (Å²) in [5.74, 6) is -0.402. The van der Waals surface area contributed by atoms with E-state index in [0.717, 1.165) is 0 Å². The molecule has 0 saturated carbocycles. The molecule has 2 aromatic carbocycles. The molecule has 0 spiro atoms. The molecule has 118 valence electrons. The van der Waals surface area contributed by atoms with Crippen molar-refractivity contribution >= 4 is 18.0 Å². The second-order valence-corrected chi connectivity index (χ2v) is 4.76. The maximum Gasteiger partial charge on any atom is 0.251 e. The molecule has 0 aromatic heterocycles. The number of hydrazone groups is 1. The number of carbonyl (C=O) groups excluding carboxylic acids is 2. The quantitative estimate of drug-likeness (QED) is 0.560. The highest BCUT2D eigenvalue weighted by Crippen LogP contribution is 2.08. The summed E-state index contributed by atoms with van der Waals surface area (Å²) in [6, 6.07) is 15.3. The van der Waals surface area contributed by atoms with Crippen LogP contribution in [0.15, 0.2) is 59.7 Å². The third kappa shape index (κ3) is 5.62. The van der Waals surface area contributed by atoms with Crippen LogP contribution < -0.4 is 10.7 Å². The van der Waals surface area contributed by atoms with Gasteiger partial charge in [0.2, 0.25) is 5.91 Å². The number of nitrogens with one attached hydrogen (secondary N) is 2. The number of phenolic OH excluding ortho intramolecular Hbond substituents is 1. The van der Waals surface area contributed by atoms with Gasteiger partial charge >= 0.3 is 0 Å². The number of benzene rings is 2. The van der Waals surface area contributed by atoms with Gasteiger partial charge in [-0.05, 0) is 29.8 Å². The van der Waals surface area contributed by atoms with Crippen LogP contribution in [0.5, 0.6) is 5.75 Å². The average molecular weight is 311 g/mol. The lowest BCUT2D eigenvalue weighted by molar-refractivity contribution is -0.120. The van der Waals surface area contributed by atoms with E-state index in [-0.39, 0.29) is 30.5 Å². The number of hydrogen-bond donors (Lipinski definition) is 3. The van der Waals surface area contributed by atoms with Crippen molar-refractivity contribution in [2.45, 2.75) is 6.42 Å². The molecule has 0 atom stereocenters. The van der Waals surface area contributed by atoms with Crippen LogP contribution in [0.1, 0.15) is 22.3 Å². The molecule has 2 aromatic rings. The van der Waals surface area contributed by atoms with Gasteiger partial charge in [-0.2, -0.15) is 5.10 Å². The average Bonchev–Trinajstić information content (AvgIpc) is 2.55. The van der Waals surface area contributed by atoms with E-state index in [1.807, 2.05) is 6.07 Å². The number of phenols is 1. The van der Waals surface area contributed by atoms with Gasteiger partial charge in [-0.3, -0.25) is 9.59 Å². The van der Waals surface area contributed by atoms with Gasteiger partial charge in [-0.1, -0.05) is 30.3 Å². The van der Waals surface area contributed by atoms with Crippen molar-refractivity contribution in [3.63, 3.8) is 0 Å². The van der Waals surface area contributed by atoms with E-state index in [1.165, 1.54) is 12.3 Å². The minimum Gasteiger partial charge on any atom is -0.508 e. The minimum atomic E-state index is -0.310. The van der Waals surface area contributed by atoms with Gasteiger partial charge in [0.1, 0.15) is 5.75 Å². The van der Waals surface area contributed by atoms with Crippen molar-refractivity contribution in [1.82, 2.24) is 10.7 Å². The highest BCUT2D eigenvalue weighted by Gasteiger charge is 2.05. The molecule has 0 aliphatic heterocycles. The first-order chi connectivity index (χ1) is 11.1. The maximum absolute atomic E-state index is 11.8. The zero-order valence-corrected chi connectivity index (χ0v) is 12.4. The van der Waals surface area contributed by atoms with Crippen molar-refractivity contribution in [3.05, 3.63) is 65.7 Å². The van der Waals surface area contributed by atoms with Crippen LogP contribution in [0.4, 0.5) is 0 Å². The zero-order chi connectivity index (χ0) is 16.5. The van der Waals surface area contributed by atoms with Crippen LogP contribution >= 0.6 is 0 Å². The van der Waals surface area contributed by atoms with Gasteiger partial charge < -0.3 is 10.4 Å². The summed E-state index contributed by atoms with van der Waals surface area (Å²) >= 11 is 0. The van der Waals surface area contributed by atoms with E-state index in [1.54, 1.807) is 42.5 Å². The molecule has 0 saturated heterocycles. The Balaban J connectivity index is 1.70. The van der Waals surface area contributed by atoms with Gasteiger partial charge in [-0.15, -0.1) is 0 Å². The molecule has 6 nitrogen and oxygen atoms in total. The normalized spacial score (nSPS) is 10.4. The van der Waals surface area contributed by atoms with Crippen molar-refractivity contribution in [2.75, 3.05) is 6.54 Å². The van der Waals surface area contributed by atoms with E-state index in [9.17, 15) is 14.7 Å². The van der Waals surface area contributed by atoms with Crippen molar-refractivity contribution < 1.29 is 14.7 Å². The summed E-state index contributed by atoms with van der Waals surface area (Å²) in [6.07, 6.45) is 1.55. The third-order valence-electron chi connectivity index (χ3n) is 2.95. The Labute approximate surface area is 133 Å². The Hall–Kier alpha value is -3.15. The van der Waals surface area contributed by atoms with Crippen LogP contribution in [-0.2, 0) is 4.79 Å². The second kappa shape index (κ2) is 8.33. The molecule has 0 bridgehead atoms. The SMILES string of the molecule is O=C(CCNC(=O)c1ccccc1)N/N=C/c1cccc(O)c1. The number of aromatic hydroxyl groups is 1. The van der Waals surface area contributed by atoms with E-state index < -0.39 is 0 Å². The Bertz CT molecular complexity index is 699. The molecule has 3 N–H and O–H groups in total. The first kappa shape index (κ1) is 16.2. The van der Waals surface area contributed by atoms with Crippen LogP contribution in [0.3, 0.4) is 0 Å². The van der Waals surface area contributed by atoms with Crippen molar-refractivity contribution in [1.29, 1.82) is 0 Å². The predicted molar refractivity (Wildman–Crippen MR) is 87.2 cm³/mol. The number of nitrogens with zero attached hydrogens (tertiary/aromatic N) is 1.